The average molecular weight is 581 g/mol. The second-order valence-corrected chi connectivity index (χ2v) is 11.4. The summed E-state index contributed by atoms with van der Waals surface area (Å²) in [5, 5.41) is 22.6. The predicted molar refractivity (Wildman–Crippen MR) is 160 cm³/mol. The largest absolute Gasteiger partial charge is 0.480 e. The van der Waals surface area contributed by atoms with Crippen molar-refractivity contribution >= 4 is 40.4 Å². The van der Waals surface area contributed by atoms with Crippen LogP contribution in [0, 0.1) is 0 Å². The second kappa shape index (κ2) is 10.7. The number of carboxylic acids is 1. The lowest BCUT2D eigenvalue weighted by Gasteiger charge is -2.36. The molecule has 0 radical (unpaired) electrons. The van der Waals surface area contributed by atoms with E-state index in [1.807, 2.05) is 48.5 Å². The van der Waals surface area contributed by atoms with Gasteiger partial charge in [0.25, 0.3) is 11.8 Å². The molecule has 3 heterocycles. The quantitative estimate of drug-likeness (QED) is 0.240. The van der Waals surface area contributed by atoms with Gasteiger partial charge >= 0.3 is 12.0 Å². The molecule has 1 aromatic heterocycles. The molecule has 0 unspecified atom stereocenters. The number of para-hydroxylation sites is 2. The number of benzene rings is 3. The van der Waals surface area contributed by atoms with Gasteiger partial charge in [-0.15, -0.1) is 0 Å². The summed E-state index contributed by atoms with van der Waals surface area (Å²) in [6.07, 6.45) is -1.08. The van der Waals surface area contributed by atoms with E-state index < -0.39 is 48.0 Å². The number of aliphatic hydroxyl groups is 1. The van der Waals surface area contributed by atoms with Crippen molar-refractivity contribution in [2.24, 2.45) is 0 Å². The van der Waals surface area contributed by atoms with Crippen LogP contribution in [-0.2, 0) is 16.0 Å². The Balaban J connectivity index is 1.44. The monoisotopic (exact) mass is 580 g/mol. The van der Waals surface area contributed by atoms with E-state index in [0.717, 1.165) is 38.2 Å². The van der Waals surface area contributed by atoms with Crippen molar-refractivity contribution in [3.63, 3.8) is 0 Å². The Bertz CT molecular complexity index is 1760. The summed E-state index contributed by atoms with van der Waals surface area (Å²) in [6, 6.07) is 18.4. The molecule has 4 amide bonds. The van der Waals surface area contributed by atoms with Gasteiger partial charge in [-0.3, -0.25) is 14.5 Å². The van der Waals surface area contributed by atoms with E-state index >= 15 is 0 Å². The fourth-order valence-corrected chi connectivity index (χ4v) is 6.17. The molecule has 4 N–H and O–H groups in total. The highest BCUT2D eigenvalue weighted by Crippen LogP contribution is 2.45. The molecule has 10 nitrogen and oxygen atoms in total. The summed E-state index contributed by atoms with van der Waals surface area (Å²) in [4.78, 5) is 59.4. The Labute approximate surface area is 247 Å². The van der Waals surface area contributed by atoms with Crippen molar-refractivity contribution in [2.75, 3.05) is 4.90 Å². The molecule has 220 valence electrons. The highest BCUT2D eigenvalue weighted by atomic mass is 16.4. The molecule has 0 spiro atoms. The van der Waals surface area contributed by atoms with E-state index in [0.29, 0.717) is 12.3 Å². The van der Waals surface area contributed by atoms with E-state index in [-0.39, 0.29) is 11.3 Å². The summed E-state index contributed by atoms with van der Waals surface area (Å²) in [7, 11) is 0. The standard InChI is InChI=1S/C33H32N4O6/c1-17(2)19-12-14-20(15-13-19)29-28-23(21-8-4-6-10-24(21)34-28)16-26-31(40)37(33(43)36(26)29)25-11-7-5-9-22(25)30(39)35-27(18(3)38)32(41)42/h4-15,17-18,26-27,29,34,38H,16H2,1-3H3,(H,35,39)(H,41,42)/t18-,26-,27+,29-/m0/s1. The van der Waals surface area contributed by atoms with E-state index in [1.165, 1.54) is 19.1 Å². The molecule has 1 saturated heterocycles. The molecule has 10 heteroatoms. The first-order chi connectivity index (χ1) is 20.6. The Morgan fingerprint density at radius 3 is 2.30 bits per heavy atom. The molecule has 0 saturated carbocycles. The van der Waals surface area contributed by atoms with Crippen LogP contribution in [0.2, 0.25) is 0 Å². The van der Waals surface area contributed by atoms with Gasteiger partial charge in [0.2, 0.25) is 0 Å². The van der Waals surface area contributed by atoms with Crippen molar-refractivity contribution in [3.8, 4) is 0 Å². The molecule has 2 aliphatic rings. The van der Waals surface area contributed by atoms with Crippen LogP contribution in [0.25, 0.3) is 10.9 Å². The van der Waals surface area contributed by atoms with Crippen molar-refractivity contribution < 1.29 is 29.4 Å². The third-order valence-electron chi connectivity index (χ3n) is 8.39. The number of hydrogen-bond donors (Lipinski definition) is 4. The van der Waals surface area contributed by atoms with Gasteiger partial charge in [0.05, 0.1) is 17.4 Å². The maximum absolute atomic E-state index is 14.3. The van der Waals surface area contributed by atoms with Crippen LogP contribution >= 0.6 is 0 Å². The van der Waals surface area contributed by atoms with Gasteiger partial charge in [-0.2, -0.15) is 0 Å². The number of hydrogen-bond acceptors (Lipinski definition) is 5. The smallest absolute Gasteiger partial charge is 0.332 e. The molecule has 4 aromatic rings. The number of amides is 4. The zero-order valence-corrected chi connectivity index (χ0v) is 23.9. The highest BCUT2D eigenvalue weighted by molar-refractivity contribution is 6.24. The molecule has 6 rings (SSSR count). The van der Waals surface area contributed by atoms with Crippen LogP contribution < -0.4 is 10.2 Å². The Kier molecular flexibility index (Phi) is 7.01. The lowest BCUT2D eigenvalue weighted by atomic mass is 9.88. The number of anilines is 1. The summed E-state index contributed by atoms with van der Waals surface area (Å²) in [6.45, 7) is 5.47. The Morgan fingerprint density at radius 1 is 0.953 bits per heavy atom. The first-order valence-electron chi connectivity index (χ1n) is 14.2. The van der Waals surface area contributed by atoms with Crippen LogP contribution in [0.4, 0.5) is 10.5 Å². The van der Waals surface area contributed by atoms with Crippen molar-refractivity contribution in [3.05, 3.63) is 101 Å². The minimum Gasteiger partial charge on any atom is -0.480 e. The van der Waals surface area contributed by atoms with Crippen molar-refractivity contribution in [1.29, 1.82) is 0 Å². The number of rotatable bonds is 7. The van der Waals surface area contributed by atoms with Crippen molar-refractivity contribution in [2.45, 2.75) is 57.3 Å². The molecule has 43 heavy (non-hydrogen) atoms. The number of fused-ring (bicyclic) bond motifs is 4. The number of aromatic amines is 1. The zero-order chi connectivity index (χ0) is 30.6. The van der Waals surface area contributed by atoms with Crippen LogP contribution in [0.3, 0.4) is 0 Å². The number of aliphatic carboxylic acids is 1. The number of carboxylic acid groups (broad SMARTS) is 1. The molecule has 4 atom stereocenters. The Hall–Kier alpha value is -4.96. The average Bonchev–Trinajstić information content (AvgIpc) is 3.48. The molecular formula is C33H32N4O6. The number of urea groups is 1. The summed E-state index contributed by atoms with van der Waals surface area (Å²) < 4.78 is 0. The van der Waals surface area contributed by atoms with Crippen LogP contribution in [-0.4, -0.2) is 62.1 Å². The van der Waals surface area contributed by atoms with Gasteiger partial charge in [-0.1, -0.05) is 68.4 Å². The molecule has 2 aliphatic heterocycles. The number of carbonyl (C=O) groups excluding carboxylic acids is 3. The lowest BCUT2D eigenvalue weighted by molar-refractivity contribution is -0.141. The molecule has 3 aromatic carbocycles. The van der Waals surface area contributed by atoms with Gasteiger partial charge in [-0.25, -0.2) is 14.5 Å². The van der Waals surface area contributed by atoms with Crippen LogP contribution in [0.5, 0.6) is 0 Å². The third kappa shape index (κ3) is 4.64. The number of H-pyrrole nitrogens is 1. The van der Waals surface area contributed by atoms with Crippen LogP contribution in [0.1, 0.15) is 65.5 Å². The third-order valence-corrected chi connectivity index (χ3v) is 8.39. The minimum absolute atomic E-state index is 0.0431. The summed E-state index contributed by atoms with van der Waals surface area (Å²) in [5.74, 6) is -2.40. The molecule has 1 fully saturated rings. The predicted octanol–water partition coefficient (Wildman–Crippen LogP) is 4.34. The number of nitrogens with one attached hydrogen (secondary N) is 2. The second-order valence-electron chi connectivity index (χ2n) is 11.4. The summed E-state index contributed by atoms with van der Waals surface area (Å²) >= 11 is 0. The first-order valence-corrected chi connectivity index (χ1v) is 14.2. The van der Waals surface area contributed by atoms with Crippen molar-refractivity contribution in [1.82, 2.24) is 15.2 Å². The molecular weight excluding hydrogens is 548 g/mol. The minimum atomic E-state index is -1.58. The molecule has 0 bridgehead atoms. The van der Waals surface area contributed by atoms with E-state index in [9.17, 15) is 29.4 Å². The maximum atomic E-state index is 14.3. The number of nitrogens with zero attached hydrogens (tertiary/aromatic N) is 2. The number of imide groups is 1. The van der Waals surface area contributed by atoms with Crippen LogP contribution in [0.15, 0.2) is 72.8 Å². The van der Waals surface area contributed by atoms with Gasteiger partial charge in [0.15, 0.2) is 6.04 Å². The lowest BCUT2D eigenvalue weighted by Crippen LogP contribution is -2.48. The van der Waals surface area contributed by atoms with Gasteiger partial charge in [-0.05, 0) is 47.7 Å². The normalized spacial score (nSPS) is 19.4. The fraction of sp³-hybridized carbons (Fsp3) is 0.273. The summed E-state index contributed by atoms with van der Waals surface area (Å²) in [5.41, 5.74) is 4.70. The zero-order valence-electron chi connectivity index (χ0n) is 23.9. The topological polar surface area (TPSA) is 143 Å². The number of carbonyl (C=O) groups is 4. The molecule has 0 aliphatic carbocycles. The van der Waals surface area contributed by atoms with E-state index in [4.69, 9.17) is 0 Å². The number of aromatic nitrogens is 1. The highest BCUT2D eigenvalue weighted by Gasteiger charge is 2.53. The van der Waals surface area contributed by atoms with E-state index in [1.54, 1.807) is 17.0 Å². The number of aliphatic hydroxyl groups excluding tert-OH is 1. The van der Waals surface area contributed by atoms with Gasteiger partial charge < -0.3 is 20.5 Å². The first kappa shape index (κ1) is 28.2. The maximum Gasteiger partial charge on any atom is 0.332 e. The SMILES string of the molecule is CC(C)c1ccc([C@H]2c3[nH]c4ccccc4c3C[C@H]3C(=O)N(c4ccccc4C(=O)N[C@@H](C(=O)O)[C@H](C)O)C(=O)N23)cc1. The fourth-order valence-electron chi connectivity index (χ4n) is 6.17. The Morgan fingerprint density at radius 2 is 1.63 bits per heavy atom. The van der Waals surface area contributed by atoms with Gasteiger partial charge in [0.1, 0.15) is 12.1 Å². The van der Waals surface area contributed by atoms with Gasteiger partial charge in [0, 0.05) is 23.0 Å². The van der Waals surface area contributed by atoms with E-state index in [2.05, 4.69) is 24.1 Å².